The summed E-state index contributed by atoms with van der Waals surface area (Å²) < 4.78 is 5.29. The highest BCUT2D eigenvalue weighted by molar-refractivity contribution is 5.68. The lowest BCUT2D eigenvalue weighted by Gasteiger charge is -2.33. The molecule has 2 heterocycles. The van der Waals surface area contributed by atoms with E-state index in [-0.39, 0.29) is 12.1 Å². The molecule has 0 saturated carbocycles. The van der Waals surface area contributed by atoms with Crippen LogP contribution < -0.4 is 5.32 Å². The summed E-state index contributed by atoms with van der Waals surface area (Å²) in [6.45, 7) is 8.27. The number of carbonyl (C=O) groups is 1. The zero-order chi connectivity index (χ0) is 14.6. The number of hydrogen-bond donors (Lipinski definition) is 2. The number of carbonyl (C=O) groups excluding carboxylic acids is 1. The second-order valence-corrected chi connectivity index (χ2v) is 6.26. The van der Waals surface area contributed by atoms with Crippen LogP contribution in [0.4, 0.5) is 4.79 Å². The Labute approximate surface area is 119 Å². The van der Waals surface area contributed by atoms with Gasteiger partial charge in [0.25, 0.3) is 0 Å². The van der Waals surface area contributed by atoms with Crippen molar-refractivity contribution in [2.75, 3.05) is 13.1 Å². The molecule has 1 fully saturated rings. The van der Waals surface area contributed by atoms with Gasteiger partial charge in [0, 0.05) is 25.0 Å². The topological polar surface area (TPSA) is 70.2 Å². The summed E-state index contributed by atoms with van der Waals surface area (Å²) in [4.78, 5) is 21.4. The van der Waals surface area contributed by atoms with Gasteiger partial charge < -0.3 is 15.0 Å². The van der Waals surface area contributed by atoms with E-state index in [2.05, 4.69) is 20.2 Å². The van der Waals surface area contributed by atoms with Crippen LogP contribution in [0.3, 0.4) is 0 Å². The van der Waals surface area contributed by atoms with Crippen LogP contribution >= 0.6 is 0 Å². The van der Waals surface area contributed by atoms with Crippen LogP contribution in [-0.2, 0) is 11.3 Å². The number of nitrogens with zero attached hydrogens (tertiary/aromatic N) is 2. The average molecular weight is 280 g/mol. The number of hydrogen-bond acceptors (Lipinski definition) is 4. The van der Waals surface area contributed by atoms with Crippen LogP contribution in [0.5, 0.6) is 0 Å². The van der Waals surface area contributed by atoms with Crippen molar-refractivity contribution >= 4 is 6.09 Å². The van der Waals surface area contributed by atoms with Gasteiger partial charge in [-0.3, -0.25) is 4.90 Å². The molecule has 1 saturated heterocycles. The first kappa shape index (κ1) is 14.8. The molecular weight excluding hydrogens is 256 g/mol. The van der Waals surface area contributed by atoms with E-state index in [1.165, 1.54) is 0 Å². The van der Waals surface area contributed by atoms with Gasteiger partial charge in [0.1, 0.15) is 11.4 Å². The highest BCUT2D eigenvalue weighted by atomic mass is 16.6. The molecule has 1 atom stereocenters. The first-order valence-corrected chi connectivity index (χ1v) is 7.12. The van der Waals surface area contributed by atoms with Crippen molar-refractivity contribution in [3.63, 3.8) is 0 Å². The van der Waals surface area contributed by atoms with E-state index >= 15 is 0 Å². The van der Waals surface area contributed by atoms with Gasteiger partial charge in [-0.25, -0.2) is 9.78 Å². The van der Waals surface area contributed by atoms with Crippen LogP contribution in [0, 0.1) is 0 Å². The Hall–Kier alpha value is -1.56. The van der Waals surface area contributed by atoms with Crippen molar-refractivity contribution in [1.29, 1.82) is 0 Å². The summed E-state index contributed by atoms with van der Waals surface area (Å²) in [5.41, 5.74) is -0.452. The number of rotatable bonds is 3. The van der Waals surface area contributed by atoms with E-state index in [1.54, 1.807) is 6.20 Å². The van der Waals surface area contributed by atoms with E-state index in [4.69, 9.17) is 4.74 Å². The quantitative estimate of drug-likeness (QED) is 0.887. The monoisotopic (exact) mass is 280 g/mol. The number of amides is 1. The molecule has 112 valence electrons. The molecule has 1 aromatic heterocycles. The van der Waals surface area contributed by atoms with Crippen molar-refractivity contribution in [3.8, 4) is 0 Å². The lowest BCUT2D eigenvalue weighted by atomic mass is 10.1. The van der Waals surface area contributed by atoms with Gasteiger partial charge in [-0.1, -0.05) is 0 Å². The molecule has 1 aliphatic rings. The van der Waals surface area contributed by atoms with Crippen molar-refractivity contribution in [1.82, 2.24) is 20.2 Å². The minimum atomic E-state index is -0.452. The first-order valence-electron chi connectivity index (χ1n) is 7.12. The SMILES string of the molecule is CC(C)(C)OC(=O)N[C@@H]1CCCN(Cc2ncc[nH]2)C1. The number of imidazole rings is 1. The molecule has 0 spiro atoms. The molecule has 1 aliphatic heterocycles. The van der Waals surface area contributed by atoms with Gasteiger partial charge in [0.2, 0.25) is 0 Å². The minimum absolute atomic E-state index is 0.147. The molecule has 2 rings (SSSR count). The number of alkyl carbamates (subject to hydrolysis) is 1. The van der Waals surface area contributed by atoms with Gasteiger partial charge in [-0.2, -0.15) is 0 Å². The number of aromatic amines is 1. The van der Waals surface area contributed by atoms with Crippen LogP contribution in [-0.4, -0.2) is 45.7 Å². The molecule has 20 heavy (non-hydrogen) atoms. The Morgan fingerprint density at radius 3 is 3.05 bits per heavy atom. The van der Waals surface area contributed by atoms with Crippen molar-refractivity contribution in [3.05, 3.63) is 18.2 Å². The molecule has 1 aromatic rings. The first-order chi connectivity index (χ1) is 9.42. The van der Waals surface area contributed by atoms with Gasteiger partial charge >= 0.3 is 6.09 Å². The molecule has 2 N–H and O–H groups in total. The predicted octanol–water partition coefficient (Wildman–Crippen LogP) is 1.90. The Kier molecular flexibility index (Phi) is 4.65. The molecule has 0 unspecified atom stereocenters. The van der Waals surface area contributed by atoms with E-state index in [1.807, 2.05) is 27.0 Å². The lowest BCUT2D eigenvalue weighted by Crippen LogP contribution is -2.48. The summed E-state index contributed by atoms with van der Waals surface area (Å²) >= 11 is 0. The van der Waals surface area contributed by atoms with Crippen molar-refractivity contribution in [2.24, 2.45) is 0 Å². The summed E-state index contributed by atoms with van der Waals surface area (Å²) in [7, 11) is 0. The molecule has 6 nitrogen and oxygen atoms in total. The Morgan fingerprint density at radius 2 is 2.40 bits per heavy atom. The molecule has 0 bridgehead atoms. The number of nitrogens with one attached hydrogen (secondary N) is 2. The van der Waals surface area contributed by atoms with Gasteiger partial charge in [-0.05, 0) is 40.2 Å². The van der Waals surface area contributed by atoms with Crippen molar-refractivity contribution < 1.29 is 9.53 Å². The Morgan fingerprint density at radius 1 is 1.60 bits per heavy atom. The molecule has 6 heteroatoms. The summed E-state index contributed by atoms with van der Waals surface area (Å²) in [5.74, 6) is 0.961. The molecule has 0 radical (unpaired) electrons. The maximum Gasteiger partial charge on any atom is 0.407 e. The molecule has 1 amide bonds. The maximum atomic E-state index is 11.8. The minimum Gasteiger partial charge on any atom is -0.444 e. The number of H-pyrrole nitrogens is 1. The maximum absolute atomic E-state index is 11.8. The van der Waals surface area contributed by atoms with Gasteiger partial charge in [0.15, 0.2) is 0 Å². The van der Waals surface area contributed by atoms with Gasteiger partial charge in [-0.15, -0.1) is 0 Å². The summed E-state index contributed by atoms with van der Waals surface area (Å²) in [6, 6.07) is 0.147. The number of aromatic nitrogens is 2. The summed E-state index contributed by atoms with van der Waals surface area (Å²) in [6.07, 6.45) is 5.32. The number of piperidine rings is 1. The lowest BCUT2D eigenvalue weighted by molar-refractivity contribution is 0.0469. The normalized spacial score (nSPS) is 20.6. The highest BCUT2D eigenvalue weighted by Gasteiger charge is 2.24. The molecule has 0 aromatic carbocycles. The third-order valence-electron chi connectivity index (χ3n) is 3.15. The van der Waals surface area contributed by atoms with Crippen LogP contribution in [0.2, 0.25) is 0 Å². The number of likely N-dealkylation sites (tertiary alicyclic amines) is 1. The smallest absolute Gasteiger partial charge is 0.407 e. The Balaban J connectivity index is 1.80. The summed E-state index contributed by atoms with van der Waals surface area (Å²) in [5, 5.41) is 2.95. The van der Waals surface area contributed by atoms with E-state index < -0.39 is 5.60 Å². The zero-order valence-corrected chi connectivity index (χ0v) is 12.5. The molecular formula is C14H24N4O2. The predicted molar refractivity (Wildman–Crippen MR) is 76.3 cm³/mol. The number of ether oxygens (including phenoxy) is 1. The fourth-order valence-electron chi connectivity index (χ4n) is 2.39. The fourth-order valence-corrected chi connectivity index (χ4v) is 2.39. The fraction of sp³-hybridized carbons (Fsp3) is 0.714. The largest absolute Gasteiger partial charge is 0.444 e. The second-order valence-electron chi connectivity index (χ2n) is 6.26. The molecule has 0 aliphatic carbocycles. The Bertz CT molecular complexity index is 425. The average Bonchev–Trinajstić information content (AvgIpc) is 2.79. The third kappa shape index (κ3) is 4.85. The van der Waals surface area contributed by atoms with Crippen LogP contribution in [0.25, 0.3) is 0 Å². The second kappa shape index (κ2) is 6.26. The standard InChI is InChI=1S/C14H24N4O2/c1-14(2,3)20-13(19)17-11-5-4-8-18(9-11)10-12-15-6-7-16-12/h6-7,11H,4-5,8-10H2,1-3H3,(H,15,16)(H,17,19)/t11-/m1/s1. The van der Waals surface area contributed by atoms with E-state index in [0.29, 0.717) is 0 Å². The van der Waals surface area contributed by atoms with Crippen LogP contribution in [0.1, 0.15) is 39.4 Å². The highest BCUT2D eigenvalue weighted by Crippen LogP contribution is 2.13. The van der Waals surface area contributed by atoms with Gasteiger partial charge in [0.05, 0.1) is 6.54 Å². The van der Waals surface area contributed by atoms with E-state index in [0.717, 1.165) is 38.3 Å². The third-order valence-corrected chi connectivity index (χ3v) is 3.15. The van der Waals surface area contributed by atoms with Crippen LogP contribution in [0.15, 0.2) is 12.4 Å². The van der Waals surface area contributed by atoms with E-state index in [9.17, 15) is 4.79 Å². The van der Waals surface area contributed by atoms with Crippen molar-refractivity contribution in [2.45, 2.75) is 51.8 Å². The zero-order valence-electron chi connectivity index (χ0n) is 12.5.